The number of carbonyl (C=O) groups is 1. The molecule has 30 heavy (non-hydrogen) atoms. The zero-order valence-electron chi connectivity index (χ0n) is 17.5. The summed E-state index contributed by atoms with van der Waals surface area (Å²) in [6.07, 6.45) is -3.73. The summed E-state index contributed by atoms with van der Waals surface area (Å²) in [4.78, 5) is 15.1. The highest BCUT2D eigenvalue weighted by molar-refractivity contribution is 6.07. The number of aromatic nitrogens is 1. The molecule has 0 unspecified atom stereocenters. The number of carbonyl (C=O) groups excluding carboxylic acids is 1. The van der Waals surface area contributed by atoms with Crippen LogP contribution < -0.4 is 4.90 Å². The Morgan fingerprint density at radius 3 is 2.33 bits per heavy atom. The van der Waals surface area contributed by atoms with Crippen LogP contribution in [-0.2, 0) is 6.18 Å². The predicted molar refractivity (Wildman–Crippen MR) is 113 cm³/mol. The highest BCUT2D eigenvalue weighted by Gasteiger charge is 2.34. The second-order valence-corrected chi connectivity index (χ2v) is 7.43. The van der Waals surface area contributed by atoms with Gasteiger partial charge in [-0.15, -0.1) is 0 Å². The highest BCUT2D eigenvalue weighted by Crippen LogP contribution is 2.35. The Bertz CT molecular complexity index is 1070. The van der Waals surface area contributed by atoms with Crippen LogP contribution in [0.2, 0.25) is 0 Å². The Kier molecular flexibility index (Phi) is 6.06. The lowest BCUT2D eigenvalue weighted by Crippen LogP contribution is -2.32. The second kappa shape index (κ2) is 8.38. The van der Waals surface area contributed by atoms with Gasteiger partial charge in [0.15, 0.2) is 0 Å². The molecule has 0 bridgehead atoms. The van der Waals surface area contributed by atoms with Crippen LogP contribution in [0.4, 0.5) is 18.9 Å². The Morgan fingerprint density at radius 1 is 1.00 bits per heavy atom. The number of benzene rings is 2. The number of halogens is 3. The number of nitrogens with zero attached hydrogens (tertiary/aromatic N) is 2. The van der Waals surface area contributed by atoms with Crippen molar-refractivity contribution in [2.24, 2.45) is 0 Å². The summed E-state index contributed by atoms with van der Waals surface area (Å²) in [7, 11) is 0. The van der Waals surface area contributed by atoms with E-state index in [0.29, 0.717) is 23.5 Å². The van der Waals surface area contributed by atoms with E-state index in [4.69, 9.17) is 0 Å². The molecule has 0 saturated carbocycles. The summed E-state index contributed by atoms with van der Waals surface area (Å²) in [5, 5.41) is 0. The van der Waals surface area contributed by atoms with Crippen LogP contribution in [0.25, 0.3) is 5.69 Å². The largest absolute Gasteiger partial charge is 0.418 e. The van der Waals surface area contributed by atoms with Gasteiger partial charge in [-0.25, -0.2) is 0 Å². The van der Waals surface area contributed by atoms with Gasteiger partial charge in [0.25, 0.3) is 5.91 Å². The topological polar surface area (TPSA) is 25.2 Å². The van der Waals surface area contributed by atoms with Crippen LogP contribution in [0.15, 0.2) is 54.6 Å². The van der Waals surface area contributed by atoms with Gasteiger partial charge < -0.3 is 9.47 Å². The molecule has 3 nitrogen and oxygen atoms in total. The zero-order valence-corrected chi connectivity index (χ0v) is 17.5. The molecule has 0 aliphatic heterocycles. The third-order valence-corrected chi connectivity index (χ3v) is 5.12. The minimum atomic E-state index is -4.49. The van der Waals surface area contributed by atoms with Crippen LogP contribution >= 0.6 is 0 Å². The quantitative estimate of drug-likeness (QED) is 0.469. The number of rotatable bonds is 5. The van der Waals surface area contributed by atoms with Crippen LogP contribution in [0.5, 0.6) is 0 Å². The van der Waals surface area contributed by atoms with Gasteiger partial charge in [-0.2, -0.15) is 13.2 Å². The van der Waals surface area contributed by atoms with E-state index in [-0.39, 0.29) is 11.6 Å². The molecule has 0 spiro atoms. The molecule has 0 atom stereocenters. The molecule has 3 rings (SSSR count). The molecule has 0 aliphatic carbocycles. The Hall–Kier alpha value is -3.02. The van der Waals surface area contributed by atoms with E-state index in [9.17, 15) is 18.0 Å². The van der Waals surface area contributed by atoms with Crippen molar-refractivity contribution in [2.75, 3.05) is 11.4 Å². The highest BCUT2D eigenvalue weighted by atomic mass is 19.4. The summed E-state index contributed by atoms with van der Waals surface area (Å²) in [6.45, 7) is 7.86. The number of hydrogen-bond donors (Lipinski definition) is 0. The number of aryl methyl sites for hydroxylation is 2. The molecule has 1 heterocycles. The summed E-state index contributed by atoms with van der Waals surface area (Å²) in [5.74, 6) is -0.216. The lowest BCUT2D eigenvalue weighted by Gasteiger charge is -2.23. The molecule has 0 aliphatic rings. The molecule has 2 aromatic carbocycles. The van der Waals surface area contributed by atoms with Crippen molar-refractivity contribution in [3.05, 3.63) is 82.7 Å². The Morgan fingerprint density at radius 2 is 1.70 bits per heavy atom. The fourth-order valence-corrected chi connectivity index (χ4v) is 3.77. The fraction of sp³-hybridized carbons (Fsp3) is 0.292. The first-order valence-electron chi connectivity index (χ1n) is 9.89. The Balaban J connectivity index is 2.11. The van der Waals surface area contributed by atoms with Gasteiger partial charge in [0.2, 0.25) is 0 Å². The van der Waals surface area contributed by atoms with E-state index < -0.39 is 11.7 Å². The zero-order chi connectivity index (χ0) is 22.1. The molecule has 158 valence electrons. The molecular formula is C24H25F3N2O. The van der Waals surface area contributed by atoms with Gasteiger partial charge in [-0.05, 0) is 63.1 Å². The molecule has 1 amide bonds. The molecule has 6 heteroatoms. The maximum absolute atomic E-state index is 13.6. The van der Waals surface area contributed by atoms with Gasteiger partial charge in [0.05, 0.1) is 16.8 Å². The van der Waals surface area contributed by atoms with Crippen molar-refractivity contribution < 1.29 is 18.0 Å². The second-order valence-electron chi connectivity index (χ2n) is 7.43. The molecule has 1 aromatic heterocycles. The molecule has 3 aromatic rings. The van der Waals surface area contributed by atoms with E-state index in [2.05, 4.69) is 0 Å². The van der Waals surface area contributed by atoms with Gasteiger partial charge in [-0.1, -0.05) is 31.2 Å². The van der Waals surface area contributed by atoms with Crippen molar-refractivity contribution in [2.45, 2.75) is 40.3 Å². The van der Waals surface area contributed by atoms with Crippen LogP contribution in [0, 0.1) is 20.8 Å². The number of para-hydroxylation sites is 1. The van der Waals surface area contributed by atoms with Crippen molar-refractivity contribution in [3.63, 3.8) is 0 Å². The average Bonchev–Trinajstić information content (AvgIpc) is 2.99. The fourth-order valence-electron chi connectivity index (χ4n) is 3.77. The van der Waals surface area contributed by atoms with E-state index in [1.165, 1.54) is 16.7 Å². The monoisotopic (exact) mass is 414 g/mol. The SMILES string of the molecule is CCCN(C(=O)c1cc(C)n(-c2ccccc2C(F)(F)F)c1C)c1cccc(C)c1. The normalized spacial score (nSPS) is 11.6. The average molecular weight is 414 g/mol. The number of hydrogen-bond acceptors (Lipinski definition) is 1. The van der Waals surface area contributed by atoms with Gasteiger partial charge in [0, 0.05) is 23.6 Å². The lowest BCUT2D eigenvalue weighted by atomic mass is 10.1. The number of amides is 1. The minimum Gasteiger partial charge on any atom is -0.317 e. The maximum Gasteiger partial charge on any atom is 0.418 e. The summed E-state index contributed by atoms with van der Waals surface area (Å²) in [5.41, 5.74) is 2.58. The maximum atomic E-state index is 13.6. The summed E-state index contributed by atoms with van der Waals surface area (Å²) in [6, 6.07) is 14.8. The van der Waals surface area contributed by atoms with Crippen molar-refractivity contribution >= 4 is 11.6 Å². The van der Waals surface area contributed by atoms with Crippen LogP contribution in [0.1, 0.15) is 46.2 Å². The molecule has 0 fully saturated rings. The number of anilines is 1. The summed E-state index contributed by atoms with van der Waals surface area (Å²) >= 11 is 0. The smallest absolute Gasteiger partial charge is 0.317 e. The third kappa shape index (κ3) is 4.13. The van der Waals surface area contributed by atoms with E-state index in [0.717, 1.165) is 23.7 Å². The van der Waals surface area contributed by atoms with Crippen LogP contribution in [-0.4, -0.2) is 17.0 Å². The first-order chi connectivity index (χ1) is 14.1. The van der Waals surface area contributed by atoms with E-state index >= 15 is 0 Å². The third-order valence-electron chi connectivity index (χ3n) is 5.12. The predicted octanol–water partition coefficient (Wildman–Crippen LogP) is 6.48. The molecular weight excluding hydrogens is 389 g/mol. The van der Waals surface area contributed by atoms with E-state index in [1.54, 1.807) is 30.9 Å². The summed E-state index contributed by atoms with van der Waals surface area (Å²) < 4.78 is 42.2. The minimum absolute atomic E-state index is 0.0247. The first-order valence-corrected chi connectivity index (χ1v) is 9.89. The number of alkyl halides is 3. The van der Waals surface area contributed by atoms with Crippen molar-refractivity contribution in [1.82, 2.24) is 4.57 Å². The van der Waals surface area contributed by atoms with Gasteiger partial charge in [-0.3, -0.25) is 4.79 Å². The van der Waals surface area contributed by atoms with Crippen LogP contribution in [0.3, 0.4) is 0 Å². The first kappa shape index (κ1) is 21.7. The standard InChI is InChI=1S/C24H25F3N2O/c1-5-13-28(19-10-8-9-16(2)14-19)23(30)20-15-17(3)29(18(20)4)22-12-7-6-11-21(22)24(25,26)27/h6-12,14-15H,5,13H2,1-4H3. The lowest BCUT2D eigenvalue weighted by molar-refractivity contribution is -0.137. The molecule has 0 radical (unpaired) electrons. The molecule has 0 saturated heterocycles. The Labute approximate surface area is 174 Å². The van der Waals surface area contributed by atoms with Crippen molar-refractivity contribution in [3.8, 4) is 5.69 Å². The van der Waals surface area contributed by atoms with Gasteiger partial charge in [0.1, 0.15) is 0 Å². The van der Waals surface area contributed by atoms with Crippen molar-refractivity contribution in [1.29, 1.82) is 0 Å². The molecule has 0 N–H and O–H groups in total. The van der Waals surface area contributed by atoms with Gasteiger partial charge >= 0.3 is 6.18 Å². The van der Waals surface area contributed by atoms with E-state index in [1.807, 2.05) is 38.1 Å².